The van der Waals surface area contributed by atoms with Gasteiger partial charge in [0.1, 0.15) is 0 Å². The van der Waals surface area contributed by atoms with Gasteiger partial charge in [-0.1, -0.05) is 13.8 Å². The zero-order valence-corrected chi connectivity index (χ0v) is 11.0. The lowest BCUT2D eigenvalue weighted by atomic mass is 10.1. The van der Waals surface area contributed by atoms with Crippen molar-refractivity contribution in [3.8, 4) is 0 Å². The second-order valence-electron chi connectivity index (χ2n) is 4.91. The molecule has 0 saturated carbocycles. The monoisotopic (exact) mass is 263 g/mol. The van der Waals surface area contributed by atoms with Gasteiger partial charge in [-0.3, -0.25) is 4.68 Å². The summed E-state index contributed by atoms with van der Waals surface area (Å²) in [6.45, 7) is 7.60. The SMILES string of the molecule is CC(C)CCNCC(C)n1ccc(C(F)(F)F)n1. The summed E-state index contributed by atoms with van der Waals surface area (Å²) in [6, 6.07) is 0.915. The van der Waals surface area contributed by atoms with Gasteiger partial charge in [-0.2, -0.15) is 18.3 Å². The lowest BCUT2D eigenvalue weighted by Crippen LogP contribution is -2.25. The molecule has 1 rings (SSSR count). The van der Waals surface area contributed by atoms with E-state index < -0.39 is 11.9 Å². The summed E-state index contributed by atoms with van der Waals surface area (Å²) in [5.74, 6) is 0.620. The van der Waals surface area contributed by atoms with Gasteiger partial charge in [0.05, 0.1) is 6.04 Å². The number of nitrogens with one attached hydrogen (secondary N) is 1. The lowest BCUT2D eigenvalue weighted by Gasteiger charge is -2.14. The first kappa shape index (κ1) is 15.0. The zero-order chi connectivity index (χ0) is 13.8. The Hall–Kier alpha value is -1.04. The highest BCUT2D eigenvalue weighted by Gasteiger charge is 2.33. The molecule has 0 aromatic carbocycles. The summed E-state index contributed by atoms with van der Waals surface area (Å²) in [6.07, 6.45) is -1.94. The fourth-order valence-corrected chi connectivity index (χ4v) is 1.53. The van der Waals surface area contributed by atoms with E-state index in [1.807, 2.05) is 6.92 Å². The van der Waals surface area contributed by atoms with Gasteiger partial charge in [-0.25, -0.2) is 0 Å². The van der Waals surface area contributed by atoms with Crippen molar-refractivity contribution < 1.29 is 13.2 Å². The molecule has 1 aromatic rings. The zero-order valence-electron chi connectivity index (χ0n) is 11.0. The molecular weight excluding hydrogens is 243 g/mol. The van der Waals surface area contributed by atoms with Crippen molar-refractivity contribution in [1.29, 1.82) is 0 Å². The maximum Gasteiger partial charge on any atom is 0.435 e. The quantitative estimate of drug-likeness (QED) is 0.799. The van der Waals surface area contributed by atoms with Crippen molar-refractivity contribution in [2.75, 3.05) is 13.1 Å². The third-order valence-electron chi connectivity index (χ3n) is 2.69. The maximum absolute atomic E-state index is 12.4. The van der Waals surface area contributed by atoms with Gasteiger partial charge in [0.15, 0.2) is 5.69 Å². The van der Waals surface area contributed by atoms with Crippen LogP contribution < -0.4 is 5.32 Å². The second-order valence-corrected chi connectivity index (χ2v) is 4.91. The van der Waals surface area contributed by atoms with Crippen molar-refractivity contribution in [3.63, 3.8) is 0 Å². The molecule has 0 saturated heterocycles. The Morgan fingerprint density at radius 1 is 1.33 bits per heavy atom. The lowest BCUT2D eigenvalue weighted by molar-refractivity contribution is -0.141. The number of aromatic nitrogens is 2. The van der Waals surface area contributed by atoms with Crippen LogP contribution in [0, 0.1) is 5.92 Å². The largest absolute Gasteiger partial charge is 0.435 e. The first-order valence-corrected chi connectivity index (χ1v) is 6.13. The van der Waals surface area contributed by atoms with Gasteiger partial charge in [-0.15, -0.1) is 0 Å². The van der Waals surface area contributed by atoms with Crippen molar-refractivity contribution in [3.05, 3.63) is 18.0 Å². The van der Waals surface area contributed by atoms with E-state index in [0.29, 0.717) is 12.5 Å². The molecule has 1 unspecified atom stereocenters. The van der Waals surface area contributed by atoms with Gasteiger partial charge >= 0.3 is 6.18 Å². The number of rotatable bonds is 6. The molecule has 0 aliphatic rings. The van der Waals surface area contributed by atoms with Crippen molar-refractivity contribution >= 4 is 0 Å². The Labute approximate surface area is 105 Å². The van der Waals surface area contributed by atoms with Gasteiger partial charge in [0.25, 0.3) is 0 Å². The van der Waals surface area contributed by atoms with Crippen LogP contribution in [0.15, 0.2) is 12.3 Å². The minimum Gasteiger partial charge on any atom is -0.315 e. The average Bonchev–Trinajstić information content (AvgIpc) is 2.72. The molecule has 1 aromatic heterocycles. The molecule has 18 heavy (non-hydrogen) atoms. The molecule has 0 aliphatic carbocycles. The van der Waals surface area contributed by atoms with Crippen LogP contribution in [0.3, 0.4) is 0 Å². The number of halogens is 3. The maximum atomic E-state index is 12.4. The van der Waals surface area contributed by atoms with Gasteiger partial charge < -0.3 is 5.32 Å². The van der Waals surface area contributed by atoms with E-state index >= 15 is 0 Å². The Kier molecular flexibility index (Phi) is 5.19. The van der Waals surface area contributed by atoms with E-state index in [0.717, 1.165) is 19.0 Å². The predicted molar refractivity (Wildman–Crippen MR) is 64.3 cm³/mol. The van der Waals surface area contributed by atoms with Crippen LogP contribution >= 0.6 is 0 Å². The third kappa shape index (κ3) is 4.68. The van der Waals surface area contributed by atoms with Crippen LogP contribution in [0.25, 0.3) is 0 Å². The summed E-state index contributed by atoms with van der Waals surface area (Å²) in [7, 11) is 0. The highest BCUT2D eigenvalue weighted by atomic mass is 19.4. The van der Waals surface area contributed by atoms with Crippen LogP contribution in [-0.4, -0.2) is 22.9 Å². The summed E-state index contributed by atoms with van der Waals surface area (Å²) in [4.78, 5) is 0. The Balaban J connectivity index is 2.42. The molecule has 1 atom stereocenters. The van der Waals surface area contributed by atoms with Gasteiger partial charge in [-0.05, 0) is 31.9 Å². The van der Waals surface area contributed by atoms with E-state index in [1.165, 1.54) is 10.9 Å². The van der Waals surface area contributed by atoms with Gasteiger partial charge in [0, 0.05) is 12.7 Å². The highest BCUT2D eigenvalue weighted by Crippen LogP contribution is 2.27. The number of hydrogen-bond acceptors (Lipinski definition) is 2. The average molecular weight is 263 g/mol. The summed E-state index contributed by atoms with van der Waals surface area (Å²) in [5, 5.41) is 6.77. The van der Waals surface area contributed by atoms with Crippen LogP contribution in [-0.2, 0) is 6.18 Å². The van der Waals surface area contributed by atoms with E-state index in [1.54, 1.807) is 0 Å². The number of alkyl halides is 3. The second kappa shape index (κ2) is 6.22. The standard InChI is InChI=1S/C12H20F3N3/c1-9(2)4-6-16-8-10(3)18-7-5-11(17-18)12(13,14)15/h5,7,9-10,16H,4,6,8H2,1-3H3. The van der Waals surface area contributed by atoms with Crippen LogP contribution in [0.1, 0.15) is 38.9 Å². The smallest absolute Gasteiger partial charge is 0.315 e. The summed E-state index contributed by atoms with van der Waals surface area (Å²) < 4.78 is 38.5. The van der Waals surface area contributed by atoms with Crippen LogP contribution in [0.2, 0.25) is 0 Å². The molecule has 0 amide bonds. The van der Waals surface area contributed by atoms with Crippen LogP contribution in [0.5, 0.6) is 0 Å². The normalized spacial score (nSPS) is 14.2. The van der Waals surface area contributed by atoms with Crippen molar-refractivity contribution in [2.45, 2.75) is 39.4 Å². The Morgan fingerprint density at radius 3 is 2.50 bits per heavy atom. The molecule has 0 spiro atoms. The van der Waals surface area contributed by atoms with E-state index in [2.05, 4.69) is 24.3 Å². The molecule has 3 nitrogen and oxygen atoms in total. The number of nitrogens with zero attached hydrogens (tertiary/aromatic N) is 2. The minimum atomic E-state index is -4.37. The first-order chi connectivity index (χ1) is 8.30. The molecule has 0 fully saturated rings. The summed E-state index contributed by atoms with van der Waals surface area (Å²) in [5.41, 5.74) is -0.837. The molecule has 0 radical (unpaired) electrons. The molecule has 0 aliphatic heterocycles. The highest BCUT2D eigenvalue weighted by molar-refractivity contribution is 5.03. The summed E-state index contributed by atoms with van der Waals surface area (Å²) >= 11 is 0. The number of hydrogen-bond donors (Lipinski definition) is 1. The first-order valence-electron chi connectivity index (χ1n) is 6.13. The van der Waals surface area contributed by atoms with E-state index in [-0.39, 0.29) is 6.04 Å². The van der Waals surface area contributed by atoms with E-state index in [9.17, 15) is 13.2 Å². The fraction of sp³-hybridized carbons (Fsp3) is 0.750. The Bertz CT molecular complexity index is 358. The molecule has 104 valence electrons. The molecule has 6 heteroatoms. The minimum absolute atomic E-state index is 0.0896. The molecular formula is C12H20F3N3. The predicted octanol–water partition coefficient (Wildman–Crippen LogP) is 3.10. The van der Waals surface area contributed by atoms with Crippen molar-refractivity contribution in [2.24, 2.45) is 5.92 Å². The molecule has 0 bridgehead atoms. The Morgan fingerprint density at radius 2 is 2.00 bits per heavy atom. The van der Waals surface area contributed by atoms with E-state index in [4.69, 9.17) is 0 Å². The van der Waals surface area contributed by atoms with Crippen LogP contribution in [0.4, 0.5) is 13.2 Å². The van der Waals surface area contributed by atoms with Gasteiger partial charge in [0.2, 0.25) is 0 Å². The molecule has 1 N–H and O–H groups in total. The molecule has 1 heterocycles. The third-order valence-corrected chi connectivity index (χ3v) is 2.69. The fourth-order valence-electron chi connectivity index (χ4n) is 1.53. The topological polar surface area (TPSA) is 29.9 Å². The van der Waals surface area contributed by atoms with Crippen molar-refractivity contribution in [1.82, 2.24) is 15.1 Å².